The van der Waals surface area contributed by atoms with Crippen LogP contribution in [-0.2, 0) is 26.2 Å². The molecule has 0 fully saturated rings. The number of nitrogens with zero attached hydrogens (tertiary/aromatic N) is 2. The largest absolute Gasteiger partial charge is 0.352 e. The molecule has 0 spiro atoms. The van der Waals surface area contributed by atoms with Crippen molar-refractivity contribution in [1.82, 2.24) is 10.2 Å². The number of rotatable bonds is 13. The lowest BCUT2D eigenvalue weighted by molar-refractivity contribution is -0.141. The second kappa shape index (κ2) is 13.6. The van der Waals surface area contributed by atoms with Gasteiger partial charge in [-0.2, -0.15) is 0 Å². The molecule has 204 valence electrons. The molecule has 2 aromatic carbocycles. The van der Waals surface area contributed by atoms with Crippen molar-refractivity contribution in [3.63, 3.8) is 0 Å². The molecule has 7 nitrogen and oxygen atoms in total. The van der Waals surface area contributed by atoms with Gasteiger partial charge in [0.2, 0.25) is 21.8 Å². The van der Waals surface area contributed by atoms with Crippen LogP contribution in [-0.4, -0.2) is 50.0 Å². The number of anilines is 1. The fourth-order valence-corrected chi connectivity index (χ4v) is 5.42. The average Bonchev–Trinajstić information content (AvgIpc) is 2.80. The lowest BCUT2D eigenvalue weighted by Crippen LogP contribution is -2.50. The number of hydrogen-bond donors (Lipinski definition) is 1. The number of amides is 2. The van der Waals surface area contributed by atoms with Crippen molar-refractivity contribution in [2.24, 2.45) is 0 Å². The number of carbonyl (C=O) groups excluding carboxylic acids is 2. The second-order valence-corrected chi connectivity index (χ2v) is 11.9. The Morgan fingerprint density at radius 1 is 0.946 bits per heavy atom. The Bertz CT molecular complexity index is 1160. The highest BCUT2D eigenvalue weighted by Gasteiger charge is 2.29. The Hall–Kier alpha value is -2.87. The van der Waals surface area contributed by atoms with Gasteiger partial charge in [0.25, 0.3) is 0 Å². The van der Waals surface area contributed by atoms with Crippen LogP contribution in [0.3, 0.4) is 0 Å². The van der Waals surface area contributed by atoms with Gasteiger partial charge in [-0.25, -0.2) is 8.42 Å². The van der Waals surface area contributed by atoms with Crippen molar-refractivity contribution in [1.29, 1.82) is 0 Å². The summed E-state index contributed by atoms with van der Waals surface area (Å²) >= 11 is 0. The normalized spacial score (nSPS) is 13.1. The molecule has 2 amide bonds. The van der Waals surface area contributed by atoms with Crippen LogP contribution in [0.1, 0.15) is 68.7 Å². The highest BCUT2D eigenvalue weighted by Crippen LogP contribution is 2.22. The minimum atomic E-state index is -3.53. The first-order valence-corrected chi connectivity index (χ1v) is 14.9. The summed E-state index contributed by atoms with van der Waals surface area (Å²) in [6.45, 7) is 12.2. The van der Waals surface area contributed by atoms with E-state index in [9.17, 15) is 18.0 Å². The lowest BCUT2D eigenvalue weighted by atomic mass is 10.1. The first-order chi connectivity index (χ1) is 17.3. The van der Waals surface area contributed by atoms with Crippen LogP contribution >= 0.6 is 0 Å². The molecule has 0 aromatic heterocycles. The summed E-state index contributed by atoms with van der Waals surface area (Å²) in [5.74, 6) is -0.326. The van der Waals surface area contributed by atoms with Gasteiger partial charge in [-0.1, -0.05) is 49.7 Å². The van der Waals surface area contributed by atoms with Crippen molar-refractivity contribution in [3.8, 4) is 0 Å². The van der Waals surface area contributed by atoms with Gasteiger partial charge >= 0.3 is 0 Å². The van der Waals surface area contributed by atoms with Gasteiger partial charge in [-0.3, -0.25) is 13.9 Å². The van der Waals surface area contributed by atoms with Crippen LogP contribution in [0.15, 0.2) is 42.5 Å². The number of hydrogen-bond acceptors (Lipinski definition) is 4. The van der Waals surface area contributed by atoms with Crippen LogP contribution in [0, 0.1) is 20.8 Å². The van der Waals surface area contributed by atoms with Gasteiger partial charge in [-0.05, 0) is 75.8 Å². The molecule has 0 aliphatic carbocycles. The highest BCUT2D eigenvalue weighted by molar-refractivity contribution is 7.92. The predicted octanol–water partition coefficient (Wildman–Crippen LogP) is 4.88. The van der Waals surface area contributed by atoms with E-state index in [1.807, 2.05) is 84.0 Å². The molecule has 0 unspecified atom stereocenters. The molecule has 1 N–H and O–H groups in total. The van der Waals surface area contributed by atoms with E-state index in [0.29, 0.717) is 25.1 Å². The first-order valence-electron chi connectivity index (χ1n) is 13.1. The Morgan fingerprint density at radius 2 is 1.59 bits per heavy atom. The Balaban J connectivity index is 2.25. The van der Waals surface area contributed by atoms with E-state index in [4.69, 9.17) is 0 Å². The van der Waals surface area contributed by atoms with Gasteiger partial charge in [0.15, 0.2) is 0 Å². The Kier molecular flexibility index (Phi) is 11.2. The zero-order valence-electron chi connectivity index (χ0n) is 23.4. The van der Waals surface area contributed by atoms with E-state index in [2.05, 4.69) is 5.32 Å². The van der Waals surface area contributed by atoms with E-state index in [0.717, 1.165) is 28.7 Å². The van der Waals surface area contributed by atoms with E-state index in [1.165, 1.54) is 10.6 Å². The van der Waals surface area contributed by atoms with Crippen molar-refractivity contribution < 1.29 is 18.0 Å². The minimum Gasteiger partial charge on any atom is -0.352 e. The van der Waals surface area contributed by atoms with Crippen LogP contribution in [0.5, 0.6) is 0 Å². The van der Waals surface area contributed by atoms with E-state index >= 15 is 0 Å². The van der Waals surface area contributed by atoms with E-state index in [1.54, 1.807) is 4.90 Å². The SMILES string of the molecule is CC[C@H](C)NC(=O)[C@H](CC)N(Cc1cccc(C)c1)C(=O)CCCN(c1cc(C)cc(C)c1)S(C)(=O)=O. The number of aryl methyl sites for hydroxylation is 3. The third-order valence-corrected chi connectivity index (χ3v) is 7.66. The van der Waals surface area contributed by atoms with Gasteiger partial charge in [0.05, 0.1) is 11.9 Å². The van der Waals surface area contributed by atoms with Crippen molar-refractivity contribution in [2.75, 3.05) is 17.1 Å². The molecule has 37 heavy (non-hydrogen) atoms. The molecule has 0 heterocycles. The molecule has 2 rings (SSSR count). The fourth-order valence-electron chi connectivity index (χ4n) is 4.47. The zero-order valence-corrected chi connectivity index (χ0v) is 24.2. The van der Waals surface area contributed by atoms with Crippen LogP contribution in [0.4, 0.5) is 5.69 Å². The summed E-state index contributed by atoms with van der Waals surface area (Å²) in [7, 11) is -3.53. The molecule has 8 heteroatoms. The maximum absolute atomic E-state index is 13.5. The summed E-state index contributed by atoms with van der Waals surface area (Å²) < 4.78 is 26.5. The highest BCUT2D eigenvalue weighted by atomic mass is 32.2. The van der Waals surface area contributed by atoms with Crippen molar-refractivity contribution in [2.45, 2.75) is 85.9 Å². The molecular formula is C29H43N3O4S. The number of sulfonamides is 1. The first kappa shape index (κ1) is 30.4. The molecule has 0 aliphatic rings. The van der Waals surface area contributed by atoms with Gasteiger partial charge in [0, 0.05) is 25.6 Å². The molecule has 0 radical (unpaired) electrons. The minimum absolute atomic E-state index is 0.0126. The molecule has 0 saturated heterocycles. The zero-order chi connectivity index (χ0) is 27.8. The van der Waals surface area contributed by atoms with Gasteiger partial charge in [-0.15, -0.1) is 0 Å². The fraction of sp³-hybridized carbons (Fsp3) is 0.517. The number of nitrogens with one attached hydrogen (secondary N) is 1. The summed E-state index contributed by atoms with van der Waals surface area (Å²) in [5, 5.41) is 3.02. The molecule has 2 aromatic rings. The maximum atomic E-state index is 13.5. The summed E-state index contributed by atoms with van der Waals surface area (Å²) in [4.78, 5) is 28.3. The van der Waals surface area contributed by atoms with E-state index < -0.39 is 16.1 Å². The van der Waals surface area contributed by atoms with Crippen LogP contribution in [0.2, 0.25) is 0 Å². The Morgan fingerprint density at radius 3 is 2.14 bits per heavy atom. The number of benzene rings is 2. The molecule has 0 aliphatic heterocycles. The van der Waals surface area contributed by atoms with Crippen LogP contribution < -0.4 is 9.62 Å². The van der Waals surface area contributed by atoms with E-state index in [-0.39, 0.29) is 30.8 Å². The third kappa shape index (κ3) is 9.18. The maximum Gasteiger partial charge on any atom is 0.243 e. The summed E-state index contributed by atoms with van der Waals surface area (Å²) in [5.41, 5.74) is 4.59. The predicted molar refractivity (Wildman–Crippen MR) is 151 cm³/mol. The number of carbonyl (C=O) groups is 2. The van der Waals surface area contributed by atoms with Gasteiger partial charge in [0.1, 0.15) is 6.04 Å². The standard InChI is InChI=1S/C29H43N3O4S/c1-8-24(6)30-29(34)27(9-2)31(20-25-13-10-12-21(3)17-25)28(33)14-11-15-32(37(7,35)36)26-18-22(4)16-23(5)19-26/h10,12-13,16-19,24,27H,8-9,11,14-15,20H2,1-7H3,(H,30,34)/t24-,27-/m0/s1. The average molecular weight is 530 g/mol. The molecule has 2 atom stereocenters. The van der Waals surface area contributed by atoms with Crippen molar-refractivity contribution >= 4 is 27.5 Å². The quantitative estimate of drug-likeness (QED) is 0.401. The lowest BCUT2D eigenvalue weighted by Gasteiger charge is -2.32. The summed E-state index contributed by atoms with van der Waals surface area (Å²) in [6, 6.07) is 13.0. The van der Waals surface area contributed by atoms with Crippen LogP contribution in [0.25, 0.3) is 0 Å². The molecular weight excluding hydrogens is 486 g/mol. The molecule has 0 bridgehead atoms. The van der Waals surface area contributed by atoms with Crippen molar-refractivity contribution in [3.05, 3.63) is 64.7 Å². The Labute approximate surface area is 223 Å². The monoisotopic (exact) mass is 529 g/mol. The molecule has 0 saturated carbocycles. The summed E-state index contributed by atoms with van der Waals surface area (Å²) in [6.07, 6.45) is 2.94. The second-order valence-electron chi connectivity index (χ2n) is 10.0. The third-order valence-electron chi connectivity index (χ3n) is 6.47. The smallest absolute Gasteiger partial charge is 0.243 e. The topological polar surface area (TPSA) is 86.8 Å². The van der Waals surface area contributed by atoms with Gasteiger partial charge < -0.3 is 10.2 Å².